The summed E-state index contributed by atoms with van der Waals surface area (Å²) in [7, 11) is 0. The average Bonchev–Trinajstić information content (AvgIpc) is 2.55. The second kappa shape index (κ2) is 6.41. The summed E-state index contributed by atoms with van der Waals surface area (Å²) in [6, 6.07) is 13.4. The van der Waals surface area contributed by atoms with Crippen molar-refractivity contribution in [3.05, 3.63) is 65.4 Å². The summed E-state index contributed by atoms with van der Waals surface area (Å²) in [4.78, 5) is 24.8. The maximum absolute atomic E-state index is 12.2. The fourth-order valence-electron chi connectivity index (χ4n) is 1.91. The molecule has 0 saturated carbocycles. The number of carbonyl (C=O) groups excluding carboxylic acids is 1. The molecular weight excluding hydrogens is 314 g/mol. The summed E-state index contributed by atoms with van der Waals surface area (Å²) in [5.41, 5.74) is 7.23. The van der Waals surface area contributed by atoms with Crippen molar-refractivity contribution in [2.75, 3.05) is 11.1 Å². The molecule has 0 bridgehead atoms. The van der Waals surface area contributed by atoms with Crippen LogP contribution in [0.5, 0.6) is 0 Å². The second-order valence-corrected chi connectivity index (χ2v) is 5.08. The topological polar surface area (TPSA) is 93.8 Å². The molecule has 6 nitrogen and oxygen atoms in total. The molecule has 0 spiro atoms. The van der Waals surface area contributed by atoms with Gasteiger partial charge >= 0.3 is 0 Å². The monoisotopic (exact) mass is 325 g/mol. The van der Waals surface area contributed by atoms with Gasteiger partial charge in [-0.3, -0.25) is 9.78 Å². The van der Waals surface area contributed by atoms with E-state index < -0.39 is 0 Å². The molecule has 23 heavy (non-hydrogen) atoms. The molecule has 0 radical (unpaired) electrons. The van der Waals surface area contributed by atoms with Crippen molar-refractivity contribution in [1.29, 1.82) is 0 Å². The van der Waals surface area contributed by atoms with Gasteiger partial charge in [0.2, 0.25) is 0 Å². The van der Waals surface area contributed by atoms with E-state index in [0.717, 1.165) is 0 Å². The Bertz CT molecular complexity index is 837. The summed E-state index contributed by atoms with van der Waals surface area (Å²) in [5.74, 6) is 0.324. The molecule has 2 heterocycles. The number of rotatable bonds is 3. The zero-order valence-electron chi connectivity index (χ0n) is 11.9. The van der Waals surface area contributed by atoms with E-state index in [1.165, 1.54) is 6.07 Å². The number of nitrogens with zero attached hydrogens (tertiary/aromatic N) is 3. The van der Waals surface area contributed by atoms with Crippen molar-refractivity contribution in [1.82, 2.24) is 15.0 Å². The maximum Gasteiger partial charge on any atom is 0.256 e. The average molecular weight is 326 g/mol. The van der Waals surface area contributed by atoms with Gasteiger partial charge in [0.25, 0.3) is 5.91 Å². The van der Waals surface area contributed by atoms with Crippen molar-refractivity contribution >= 4 is 29.0 Å². The molecule has 3 rings (SSSR count). The Balaban J connectivity index is 1.87. The van der Waals surface area contributed by atoms with Crippen LogP contribution in [-0.4, -0.2) is 20.9 Å². The maximum atomic E-state index is 12.2. The lowest BCUT2D eigenvalue weighted by molar-refractivity contribution is 0.102. The van der Waals surface area contributed by atoms with Crippen LogP contribution in [0.4, 0.5) is 11.5 Å². The smallest absolute Gasteiger partial charge is 0.256 e. The van der Waals surface area contributed by atoms with Crippen LogP contribution in [0.15, 0.2) is 54.7 Å². The number of pyridine rings is 1. The van der Waals surface area contributed by atoms with Crippen LogP contribution < -0.4 is 11.1 Å². The largest absolute Gasteiger partial charge is 0.399 e. The van der Waals surface area contributed by atoms with Crippen LogP contribution in [-0.2, 0) is 0 Å². The molecular formula is C16H12ClN5O. The van der Waals surface area contributed by atoms with Crippen molar-refractivity contribution in [3.63, 3.8) is 0 Å². The number of aromatic nitrogens is 3. The Labute approximate surface area is 137 Å². The number of carbonyl (C=O) groups is 1. The van der Waals surface area contributed by atoms with Gasteiger partial charge in [-0.2, -0.15) is 0 Å². The highest BCUT2D eigenvalue weighted by molar-refractivity contribution is 6.29. The number of hydrogen-bond acceptors (Lipinski definition) is 5. The molecule has 0 saturated heterocycles. The first kappa shape index (κ1) is 14.9. The third-order valence-corrected chi connectivity index (χ3v) is 3.20. The van der Waals surface area contributed by atoms with Gasteiger partial charge in [0.15, 0.2) is 5.82 Å². The summed E-state index contributed by atoms with van der Waals surface area (Å²) in [6.45, 7) is 0. The summed E-state index contributed by atoms with van der Waals surface area (Å²) in [6.07, 6.45) is 1.63. The van der Waals surface area contributed by atoms with E-state index in [0.29, 0.717) is 28.6 Å². The lowest BCUT2D eigenvalue weighted by Gasteiger charge is -2.07. The zero-order chi connectivity index (χ0) is 16.2. The van der Waals surface area contributed by atoms with Crippen molar-refractivity contribution in [2.45, 2.75) is 0 Å². The van der Waals surface area contributed by atoms with Crippen molar-refractivity contribution in [3.8, 4) is 11.5 Å². The summed E-state index contributed by atoms with van der Waals surface area (Å²) >= 11 is 6.00. The quantitative estimate of drug-likeness (QED) is 0.570. The Morgan fingerprint density at radius 2 is 1.87 bits per heavy atom. The highest BCUT2D eigenvalue weighted by atomic mass is 35.5. The van der Waals surface area contributed by atoms with Gasteiger partial charge < -0.3 is 11.1 Å². The number of benzene rings is 1. The van der Waals surface area contributed by atoms with Gasteiger partial charge in [-0.1, -0.05) is 17.7 Å². The molecule has 3 aromatic rings. The summed E-state index contributed by atoms with van der Waals surface area (Å²) in [5, 5.41) is 2.90. The minimum atomic E-state index is -0.313. The van der Waals surface area contributed by atoms with E-state index in [9.17, 15) is 4.79 Å². The summed E-state index contributed by atoms with van der Waals surface area (Å²) < 4.78 is 0. The van der Waals surface area contributed by atoms with Crippen LogP contribution in [0.2, 0.25) is 5.15 Å². The standard InChI is InChI=1S/C16H12ClN5O/c17-13-9-14(21-15(20-13)12-3-1-2-8-19-12)22-16(23)10-4-6-11(18)7-5-10/h1-9H,18H2,(H,20,21,22,23). The molecule has 0 aliphatic carbocycles. The molecule has 2 aromatic heterocycles. The van der Waals surface area contributed by atoms with Crippen LogP contribution in [0.1, 0.15) is 10.4 Å². The second-order valence-electron chi connectivity index (χ2n) is 4.69. The minimum absolute atomic E-state index is 0.216. The highest BCUT2D eigenvalue weighted by Gasteiger charge is 2.11. The van der Waals surface area contributed by atoms with Crippen LogP contribution in [0.3, 0.4) is 0 Å². The Kier molecular flexibility index (Phi) is 4.16. The molecule has 1 amide bonds. The van der Waals surface area contributed by atoms with E-state index >= 15 is 0 Å². The van der Waals surface area contributed by atoms with Crippen LogP contribution >= 0.6 is 11.6 Å². The number of amides is 1. The SMILES string of the molecule is Nc1ccc(C(=O)Nc2cc(Cl)nc(-c3ccccn3)n2)cc1. The number of halogens is 1. The zero-order valence-corrected chi connectivity index (χ0v) is 12.7. The van der Waals surface area contributed by atoms with E-state index in [-0.39, 0.29) is 11.1 Å². The van der Waals surface area contributed by atoms with Gasteiger partial charge in [-0.25, -0.2) is 9.97 Å². The molecule has 7 heteroatoms. The number of nitrogens with one attached hydrogen (secondary N) is 1. The molecule has 3 N–H and O–H groups in total. The third-order valence-electron chi connectivity index (χ3n) is 3.00. The molecule has 0 aliphatic heterocycles. The molecule has 114 valence electrons. The first-order valence-corrected chi connectivity index (χ1v) is 7.12. The van der Waals surface area contributed by atoms with Gasteiger partial charge in [0, 0.05) is 23.5 Å². The van der Waals surface area contributed by atoms with Gasteiger partial charge in [-0.15, -0.1) is 0 Å². The van der Waals surface area contributed by atoms with Crippen LogP contribution in [0, 0.1) is 0 Å². The highest BCUT2D eigenvalue weighted by Crippen LogP contribution is 2.19. The molecule has 1 aromatic carbocycles. The van der Waals surface area contributed by atoms with Gasteiger partial charge in [0.1, 0.15) is 16.7 Å². The number of hydrogen-bond donors (Lipinski definition) is 2. The minimum Gasteiger partial charge on any atom is -0.399 e. The Morgan fingerprint density at radius 1 is 1.09 bits per heavy atom. The third kappa shape index (κ3) is 3.61. The van der Waals surface area contributed by atoms with E-state index in [4.69, 9.17) is 17.3 Å². The predicted molar refractivity (Wildman–Crippen MR) is 89.1 cm³/mol. The van der Waals surface area contributed by atoms with E-state index in [1.807, 2.05) is 6.07 Å². The molecule has 0 aliphatic rings. The number of anilines is 2. The fourth-order valence-corrected chi connectivity index (χ4v) is 2.10. The van der Waals surface area contributed by atoms with Gasteiger partial charge in [0.05, 0.1) is 0 Å². The van der Waals surface area contributed by atoms with Gasteiger partial charge in [-0.05, 0) is 36.4 Å². The van der Waals surface area contributed by atoms with E-state index in [2.05, 4.69) is 20.3 Å². The normalized spacial score (nSPS) is 10.3. The Hall–Kier alpha value is -2.99. The number of nitrogens with two attached hydrogens (primary N) is 1. The number of nitrogen functional groups attached to an aromatic ring is 1. The molecule has 0 unspecified atom stereocenters. The fraction of sp³-hybridized carbons (Fsp3) is 0. The van der Waals surface area contributed by atoms with Crippen LogP contribution in [0.25, 0.3) is 11.5 Å². The van der Waals surface area contributed by atoms with Crippen molar-refractivity contribution < 1.29 is 4.79 Å². The molecule has 0 fully saturated rings. The van der Waals surface area contributed by atoms with E-state index in [1.54, 1.807) is 42.6 Å². The predicted octanol–water partition coefficient (Wildman–Crippen LogP) is 3.03. The first-order chi connectivity index (χ1) is 11.1. The molecule has 0 atom stereocenters. The lowest BCUT2D eigenvalue weighted by atomic mass is 10.2. The first-order valence-electron chi connectivity index (χ1n) is 6.75. The lowest BCUT2D eigenvalue weighted by Crippen LogP contribution is -2.13. The van der Waals surface area contributed by atoms with Crippen molar-refractivity contribution in [2.24, 2.45) is 0 Å². The Morgan fingerprint density at radius 3 is 2.57 bits per heavy atom.